The van der Waals surface area contributed by atoms with Crippen molar-refractivity contribution in [3.63, 3.8) is 0 Å². The molecule has 2 aliphatic carbocycles. The molecule has 124 valence electrons. The lowest BCUT2D eigenvalue weighted by Crippen LogP contribution is -2.58. The fraction of sp³-hybridized carbons (Fsp3) is 0.667. The van der Waals surface area contributed by atoms with Crippen LogP contribution in [0.1, 0.15) is 19.3 Å². The summed E-state index contributed by atoms with van der Waals surface area (Å²) >= 11 is 0. The van der Waals surface area contributed by atoms with Crippen LogP contribution < -0.4 is 11.1 Å². The standard InChI is InChI=1S/C12H16N2O7.ClH/c13-12(2-1-4-7(8(4)12)10(19)20)11(21)14-5(9(17)18)3-6(15)16;/h4-5,7-8H,1-3,13H2,(H,14,21)(H,15,16)(H,17,18)(H,19,20);1H/t4-,5-,7-,8-,12-;/m0./s1. The van der Waals surface area contributed by atoms with Gasteiger partial charge in [0.05, 0.1) is 17.9 Å². The van der Waals surface area contributed by atoms with Crippen LogP contribution in [0.25, 0.3) is 0 Å². The number of carboxylic acids is 3. The molecule has 0 aliphatic heterocycles. The van der Waals surface area contributed by atoms with E-state index in [1.807, 2.05) is 0 Å². The summed E-state index contributed by atoms with van der Waals surface area (Å²) < 4.78 is 0. The lowest BCUT2D eigenvalue weighted by Gasteiger charge is -2.27. The first-order valence-electron chi connectivity index (χ1n) is 6.45. The largest absolute Gasteiger partial charge is 0.481 e. The topological polar surface area (TPSA) is 167 Å². The number of carboxylic acid groups (broad SMARTS) is 3. The number of hydrogen-bond donors (Lipinski definition) is 5. The van der Waals surface area contributed by atoms with E-state index in [1.165, 1.54) is 0 Å². The maximum Gasteiger partial charge on any atom is 0.326 e. The van der Waals surface area contributed by atoms with Crippen LogP contribution in [-0.2, 0) is 19.2 Å². The summed E-state index contributed by atoms with van der Waals surface area (Å²) in [5.74, 6) is -6.03. The molecule has 0 bridgehead atoms. The summed E-state index contributed by atoms with van der Waals surface area (Å²) in [6.07, 6.45) is -0.0206. The highest BCUT2D eigenvalue weighted by atomic mass is 35.5. The Morgan fingerprint density at radius 2 is 1.82 bits per heavy atom. The maximum absolute atomic E-state index is 12.2. The Balaban J connectivity index is 0.00000242. The van der Waals surface area contributed by atoms with Crippen molar-refractivity contribution in [3.8, 4) is 0 Å². The van der Waals surface area contributed by atoms with Crippen molar-refractivity contribution in [1.29, 1.82) is 0 Å². The Labute approximate surface area is 131 Å². The molecule has 2 saturated carbocycles. The number of rotatable bonds is 6. The summed E-state index contributed by atoms with van der Waals surface area (Å²) in [6.45, 7) is 0. The minimum atomic E-state index is -1.59. The SMILES string of the molecule is Cl.N[C@@]1(C(=O)N[C@@H](CC(=O)O)C(=O)O)CC[C@H]2[C@H](C(=O)O)[C@H]21. The van der Waals surface area contributed by atoms with Crippen LogP contribution in [0.15, 0.2) is 0 Å². The van der Waals surface area contributed by atoms with E-state index in [0.717, 1.165) is 0 Å². The molecular formula is C12H17ClN2O7. The van der Waals surface area contributed by atoms with E-state index >= 15 is 0 Å². The van der Waals surface area contributed by atoms with Gasteiger partial charge >= 0.3 is 17.9 Å². The number of aliphatic carboxylic acids is 3. The Morgan fingerprint density at radius 3 is 2.23 bits per heavy atom. The third kappa shape index (κ3) is 3.00. The van der Waals surface area contributed by atoms with Crippen molar-refractivity contribution in [2.45, 2.75) is 30.8 Å². The Bertz CT molecular complexity index is 526. The molecule has 2 fully saturated rings. The van der Waals surface area contributed by atoms with Crippen LogP contribution in [0, 0.1) is 17.8 Å². The van der Waals surface area contributed by atoms with Crippen LogP contribution in [0.5, 0.6) is 0 Å². The molecule has 5 atom stereocenters. The van der Waals surface area contributed by atoms with E-state index in [4.69, 9.17) is 21.1 Å². The first-order chi connectivity index (χ1) is 9.68. The average Bonchev–Trinajstić information content (AvgIpc) is 3.01. The molecule has 10 heteroatoms. The Morgan fingerprint density at radius 1 is 1.23 bits per heavy atom. The predicted octanol–water partition coefficient (Wildman–Crippen LogP) is -1.11. The number of carbonyl (C=O) groups is 4. The summed E-state index contributed by atoms with van der Waals surface area (Å²) in [7, 11) is 0. The van der Waals surface area contributed by atoms with Gasteiger partial charge in [0.1, 0.15) is 6.04 Å². The molecule has 22 heavy (non-hydrogen) atoms. The number of nitrogens with one attached hydrogen (secondary N) is 1. The van der Waals surface area contributed by atoms with Gasteiger partial charge in [0.25, 0.3) is 0 Å². The van der Waals surface area contributed by atoms with Gasteiger partial charge in [-0.3, -0.25) is 14.4 Å². The van der Waals surface area contributed by atoms with E-state index in [2.05, 4.69) is 5.32 Å². The number of hydrogen-bond acceptors (Lipinski definition) is 5. The molecule has 0 aromatic carbocycles. The van der Waals surface area contributed by atoms with Crippen LogP contribution in [0.4, 0.5) is 0 Å². The molecule has 0 heterocycles. The van der Waals surface area contributed by atoms with E-state index in [1.54, 1.807) is 0 Å². The maximum atomic E-state index is 12.2. The number of halogens is 1. The number of carbonyl (C=O) groups excluding carboxylic acids is 1. The zero-order valence-electron chi connectivity index (χ0n) is 11.4. The molecule has 0 unspecified atom stereocenters. The quantitative estimate of drug-likeness (QED) is 0.407. The average molecular weight is 337 g/mol. The molecule has 0 saturated heterocycles. The molecule has 9 nitrogen and oxygen atoms in total. The molecular weight excluding hydrogens is 320 g/mol. The van der Waals surface area contributed by atoms with Gasteiger partial charge in [-0.05, 0) is 18.8 Å². The van der Waals surface area contributed by atoms with Gasteiger partial charge in [-0.1, -0.05) is 0 Å². The fourth-order valence-electron chi connectivity index (χ4n) is 3.28. The number of fused-ring (bicyclic) bond motifs is 1. The van der Waals surface area contributed by atoms with Gasteiger partial charge in [0, 0.05) is 5.92 Å². The minimum Gasteiger partial charge on any atom is -0.481 e. The van der Waals surface area contributed by atoms with Gasteiger partial charge in [0.2, 0.25) is 5.91 Å². The zero-order valence-corrected chi connectivity index (χ0v) is 12.2. The molecule has 1 amide bonds. The lowest BCUT2D eigenvalue weighted by molar-refractivity contribution is -0.148. The molecule has 0 spiro atoms. The highest BCUT2D eigenvalue weighted by molar-refractivity contribution is 5.93. The Hall–Kier alpha value is -1.87. The normalized spacial score (nSPS) is 33.0. The fourth-order valence-corrected chi connectivity index (χ4v) is 3.28. The van der Waals surface area contributed by atoms with Gasteiger partial charge < -0.3 is 26.4 Å². The summed E-state index contributed by atoms with van der Waals surface area (Å²) in [6, 6.07) is -1.59. The van der Waals surface area contributed by atoms with E-state index in [9.17, 15) is 19.2 Å². The molecule has 0 aromatic rings. The molecule has 0 aromatic heterocycles. The molecule has 2 aliphatic rings. The van der Waals surface area contributed by atoms with E-state index < -0.39 is 53.7 Å². The first kappa shape index (κ1) is 18.2. The van der Waals surface area contributed by atoms with E-state index in [-0.39, 0.29) is 24.7 Å². The van der Waals surface area contributed by atoms with Gasteiger partial charge in [-0.25, -0.2) is 4.79 Å². The van der Waals surface area contributed by atoms with Crippen LogP contribution in [0.3, 0.4) is 0 Å². The van der Waals surface area contributed by atoms with Crippen molar-refractivity contribution in [1.82, 2.24) is 5.32 Å². The van der Waals surface area contributed by atoms with Crippen LogP contribution >= 0.6 is 12.4 Å². The zero-order chi connectivity index (χ0) is 15.9. The van der Waals surface area contributed by atoms with Gasteiger partial charge in [0.15, 0.2) is 0 Å². The van der Waals surface area contributed by atoms with Gasteiger partial charge in [-0.2, -0.15) is 0 Å². The number of nitrogens with two attached hydrogens (primary N) is 1. The van der Waals surface area contributed by atoms with Crippen molar-refractivity contribution < 1.29 is 34.5 Å². The highest BCUT2D eigenvalue weighted by Gasteiger charge is 2.69. The van der Waals surface area contributed by atoms with Gasteiger partial charge in [-0.15, -0.1) is 12.4 Å². The molecule has 6 N–H and O–H groups in total. The number of amides is 1. The second-order valence-corrected chi connectivity index (χ2v) is 5.59. The second kappa shape index (κ2) is 6.09. The van der Waals surface area contributed by atoms with Crippen molar-refractivity contribution in [3.05, 3.63) is 0 Å². The Kier molecular flexibility index (Phi) is 5.03. The monoisotopic (exact) mass is 336 g/mol. The summed E-state index contributed by atoms with van der Waals surface area (Å²) in [4.78, 5) is 44.7. The first-order valence-corrected chi connectivity index (χ1v) is 6.45. The summed E-state index contributed by atoms with van der Waals surface area (Å²) in [5.41, 5.74) is 4.53. The van der Waals surface area contributed by atoms with Crippen molar-refractivity contribution in [2.75, 3.05) is 0 Å². The minimum absolute atomic E-state index is 0. The van der Waals surface area contributed by atoms with Crippen molar-refractivity contribution >= 4 is 36.2 Å². The highest BCUT2D eigenvalue weighted by Crippen LogP contribution is 2.61. The smallest absolute Gasteiger partial charge is 0.326 e. The molecule has 0 radical (unpaired) electrons. The van der Waals surface area contributed by atoms with Crippen molar-refractivity contribution in [2.24, 2.45) is 23.5 Å². The third-order valence-electron chi connectivity index (χ3n) is 4.34. The second-order valence-electron chi connectivity index (χ2n) is 5.59. The van der Waals surface area contributed by atoms with E-state index in [0.29, 0.717) is 6.42 Å². The van der Waals surface area contributed by atoms with Crippen LogP contribution in [0.2, 0.25) is 0 Å². The third-order valence-corrected chi connectivity index (χ3v) is 4.34. The predicted molar refractivity (Wildman–Crippen MR) is 73.3 cm³/mol. The lowest BCUT2D eigenvalue weighted by atomic mass is 9.90. The van der Waals surface area contributed by atoms with Crippen LogP contribution in [-0.4, -0.2) is 50.7 Å². The molecule has 2 rings (SSSR count). The summed E-state index contributed by atoms with van der Waals surface area (Å²) in [5, 5.41) is 28.6.